The van der Waals surface area contributed by atoms with Crippen molar-refractivity contribution in [2.45, 2.75) is 24.9 Å². The molecule has 1 heteroatoms. The Hall–Kier alpha value is -1.13. The highest BCUT2D eigenvalue weighted by Gasteiger charge is 2.26. The lowest BCUT2D eigenvalue weighted by Gasteiger charge is -2.32. The summed E-state index contributed by atoms with van der Waals surface area (Å²) in [7, 11) is -0.00656. The molecular formula is C17H19P. The minimum absolute atomic E-state index is 0.00656. The van der Waals surface area contributed by atoms with Crippen LogP contribution in [-0.2, 0) is 0 Å². The van der Waals surface area contributed by atoms with E-state index in [4.69, 9.17) is 0 Å². The van der Waals surface area contributed by atoms with Crippen LogP contribution in [0.4, 0.5) is 0 Å². The summed E-state index contributed by atoms with van der Waals surface area (Å²) in [4.78, 5) is 0. The molecule has 2 unspecified atom stereocenters. The zero-order chi connectivity index (χ0) is 12.2. The van der Waals surface area contributed by atoms with E-state index >= 15 is 0 Å². The van der Waals surface area contributed by atoms with Crippen molar-refractivity contribution in [1.29, 1.82) is 0 Å². The highest BCUT2D eigenvalue weighted by atomic mass is 31.1. The maximum absolute atomic E-state index is 2.33. The lowest BCUT2D eigenvalue weighted by Crippen LogP contribution is -2.14. The van der Waals surface area contributed by atoms with Gasteiger partial charge in [-0.2, -0.15) is 0 Å². The van der Waals surface area contributed by atoms with Crippen LogP contribution in [0.15, 0.2) is 60.7 Å². The maximum atomic E-state index is 2.33. The van der Waals surface area contributed by atoms with E-state index in [9.17, 15) is 0 Å². The molecule has 0 radical (unpaired) electrons. The Morgan fingerprint density at radius 3 is 2.17 bits per heavy atom. The molecule has 0 N–H and O–H groups in total. The first-order chi connectivity index (χ1) is 8.95. The normalized spacial score (nSPS) is 23.8. The molecule has 0 amide bonds. The topological polar surface area (TPSA) is 0 Å². The fourth-order valence-corrected chi connectivity index (χ4v) is 5.96. The molecule has 2 atom stereocenters. The molecule has 18 heavy (non-hydrogen) atoms. The van der Waals surface area contributed by atoms with E-state index in [0.717, 1.165) is 5.66 Å². The van der Waals surface area contributed by atoms with Gasteiger partial charge in [-0.05, 0) is 29.9 Å². The molecule has 0 aromatic heterocycles. The van der Waals surface area contributed by atoms with Gasteiger partial charge in [0, 0.05) is 5.66 Å². The van der Waals surface area contributed by atoms with Gasteiger partial charge < -0.3 is 0 Å². The van der Waals surface area contributed by atoms with Gasteiger partial charge in [-0.1, -0.05) is 75.0 Å². The molecule has 1 aliphatic rings. The van der Waals surface area contributed by atoms with Crippen LogP contribution in [0.25, 0.3) is 0 Å². The molecule has 92 valence electrons. The Labute approximate surface area is 111 Å². The molecule has 1 saturated heterocycles. The second-order valence-corrected chi connectivity index (χ2v) is 7.48. The molecule has 1 fully saturated rings. The summed E-state index contributed by atoms with van der Waals surface area (Å²) in [5.41, 5.74) is 2.32. The van der Waals surface area contributed by atoms with Crippen LogP contribution in [0.1, 0.15) is 30.5 Å². The average Bonchev–Trinajstić information content (AvgIpc) is 2.49. The molecule has 0 aliphatic carbocycles. The van der Waals surface area contributed by atoms with Crippen LogP contribution in [0.5, 0.6) is 0 Å². The van der Waals surface area contributed by atoms with Gasteiger partial charge in [0.1, 0.15) is 0 Å². The lowest BCUT2D eigenvalue weighted by molar-refractivity contribution is 0.675. The number of benzene rings is 2. The summed E-state index contributed by atoms with van der Waals surface area (Å²) in [5, 5.41) is 1.58. The molecule has 0 bridgehead atoms. The molecule has 0 saturated carbocycles. The Kier molecular flexibility index (Phi) is 3.76. The maximum Gasteiger partial charge on any atom is 0.00819 e. The summed E-state index contributed by atoms with van der Waals surface area (Å²) in [6.45, 7) is 0. The van der Waals surface area contributed by atoms with Crippen LogP contribution >= 0.6 is 7.92 Å². The van der Waals surface area contributed by atoms with Crippen LogP contribution in [0.2, 0.25) is 0 Å². The summed E-state index contributed by atoms with van der Waals surface area (Å²) in [6, 6.07) is 22.3. The number of hydrogen-bond donors (Lipinski definition) is 0. The quantitative estimate of drug-likeness (QED) is 0.680. The summed E-state index contributed by atoms with van der Waals surface area (Å²) >= 11 is 0. The predicted octanol–water partition coefficient (Wildman–Crippen LogP) is 4.72. The largest absolute Gasteiger partial charge is 0.0677 e. The van der Waals surface area contributed by atoms with E-state index < -0.39 is 0 Å². The first-order valence-electron chi connectivity index (χ1n) is 6.82. The van der Waals surface area contributed by atoms with Gasteiger partial charge in [0.25, 0.3) is 0 Å². The monoisotopic (exact) mass is 254 g/mol. The average molecular weight is 254 g/mol. The third-order valence-corrected chi connectivity index (χ3v) is 6.84. The van der Waals surface area contributed by atoms with Crippen LogP contribution in [-0.4, -0.2) is 6.16 Å². The van der Waals surface area contributed by atoms with E-state index in [-0.39, 0.29) is 7.92 Å². The van der Waals surface area contributed by atoms with Gasteiger partial charge >= 0.3 is 0 Å². The Morgan fingerprint density at radius 2 is 1.44 bits per heavy atom. The van der Waals surface area contributed by atoms with Crippen molar-refractivity contribution in [1.82, 2.24) is 0 Å². The van der Waals surface area contributed by atoms with E-state index in [1.165, 1.54) is 25.4 Å². The Balaban J connectivity index is 1.92. The first kappa shape index (κ1) is 11.9. The molecule has 2 aromatic carbocycles. The van der Waals surface area contributed by atoms with Crippen LogP contribution in [0.3, 0.4) is 0 Å². The predicted molar refractivity (Wildman–Crippen MR) is 80.9 cm³/mol. The smallest absolute Gasteiger partial charge is 0.00819 e. The van der Waals surface area contributed by atoms with Crippen molar-refractivity contribution in [2.75, 3.05) is 6.16 Å². The fraction of sp³-hybridized carbons (Fsp3) is 0.294. The second-order valence-electron chi connectivity index (χ2n) is 4.95. The molecular weight excluding hydrogens is 235 g/mol. The van der Waals surface area contributed by atoms with Crippen LogP contribution in [0, 0.1) is 0 Å². The summed E-state index contributed by atoms with van der Waals surface area (Å²) in [5.74, 6) is 0. The van der Waals surface area contributed by atoms with E-state index in [1.807, 2.05) is 0 Å². The van der Waals surface area contributed by atoms with E-state index in [0.29, 0.717) is 0 Å². The van der Waals surface area contributed by atoms with Gasteiger partial charge in [0.15, 0.2) is 0 Å². The second kappa shape index (κ2) is 5.67. The zero-order valence-corrected chi connectivity index (χ0v) is 11.5. The highest BCUT2D eigenvalue weighted by molar-refractivity contribution is 7.66. The molecule has 1 heterocycles. The van der Waals surface area contributed by atoms with E-state index in [2.05, 4.69) is 60.7 Å². The Bertz CT molecular complexity index is 430. The summed E-state index contributed by atoms with van der Waals surface area (Å²) in [6.07, 6.45) is 5.57. The van der Waals surface area contributed by atoms with E-state index in [1.54, 1.807) is 10.9 Å². The summed E-state index contributed by atoms with van der Waals surface area (Å²) < 4.78 is 0. The molecule has 0 nitrogen and oxygen atoms in total. The van der Waals surface area contributed by atoms with Crippen molar-refractivity contribution < 1.29 is 0 Å². The zero-order valence-electron chi connectivity index (χ0n) is 10.6. The van der Waals surface area contributed by atoms with Gasteiger partial charge in [0.05, 0.1) is 0 Å². The van der Waals surface area contributed by atoms with Crippen LogP contribution < -0.4 is 5.30 Å². The van der Waals surface area contributed by atoms with Crippen molar-refractivity contribution in [3.63, 3.8) is 0 Å². The minimum Gasteiger partial charge on any atom is -0.0677 e. The standard InChI is InChI=1S/C17H19P/c1-3-9-15(10-4-1)17-13-7-8-14-18(17)16-11-5-2-6-12-16/h1-6,9-12,17H,7-8,13-14H2. The SMILES string of the molecule is c1ccc(C2CCCCP2c2ccccc2)cc1. The fourth-order valence-electron chi connectivity index (χ4n) is 2.88. The van der Waals surface area contributed by atoms with Gasteiger partial charge in [0.2, 0.25) is 0 Å². The third kappa shape index (κ3) is 2.49. The minimum atomic E-state index is -0.00656. The molecule has 3 rings (SSSR count). The molecule has 0 spiro atoms. The van der Waals surface area contributed by atoms with Crippen molar-refractivity contribution in [3.8, 4) is 0 Å². The van der Waals surface area contributed by atoms with Crippen molar-refractivity contribution in [2.24, 2.45) is 0 Å². The van der Waals surface area contributed by atoms with Gasteiger partial charge in [-0.3, -0.25) is 0 Å². The third-order valence-electron chi connectivity index (χ3n) is 3.77. The molecule has 1 aliphatic heterocycles. The van der Waals surface area contributed by atoms with Crippen molar-refractivity contribution in [3.05, 3.63) is 66.2 Å². The number of rotatable bonds is 2. The van der Waals surface area contributed by atoms with Gasteiger partial charge in [-0.15, -0.1) is 0 Å². The Morgan fingerprint density at radius 1 is 0.778 bits per heavy atom. The number of hydrogen-bond acceptors (Lipinski definition) is 0. The lowest BCUT2D eigenvalue weighted by atomic mass is 10.1. The van der Waals surface area contributed by atoms with Gasteiger partial charge in [-0.25, -0.2) is 0 Å². The molecule has 2 aromatic rings. The van der Waals surface area contributed by atoms with Crippen molar-refractivity contribution >= 4 is 13.2 Å². The highest BCUT2D eigenvalue weighted by Crippen LogP contribution is 2.56. The first-order valence-corrected chi connectivity index (χ1v) is 8.41.